The van der Waals surface area contributed by atoms with Gasteiger partial charge in [0.2, 0.25) is 17.8 Å². The van der Waals surface area contributed by atoms with Crippen LogP contribution in [0.1, 0.15) is 91.2 Å². The van der Waals surface area contributed by atoms with E-state index in [1.165, 1.54) is 23.8 Å². The van der Waals surface area contributed by atoms with Gasteiger partial charge in [0.25, 0.3) is 5.91 Å². The Labute approximate surface area is 345 Å². The van der Waals surface area contributed by atoms with Crippen molar-refractivity contribution >= 4 is 40.3 Å². The smallest absolute Gasteiger partial charge is 0.258 e. The zero-order valence-corrected chi connectivity index (χ0v) is 34.5. The minimum Gasteiger partial charge on any atom is -0.496 e. The van der Waals surface area contributed by atoms with Crippen molar-refractivity contribution in [1.29, 1.82) is 0 Å². The molecular weight excluding hydrogens is 750 g/mol. The number of imide groups is 1. The van der Waals surface area contributed by atoms with Gasteiger partial charge in [0, 0.05) is 112 Å². The number of H-pyrrole nitrogens is 1. The van der Waals surface area contributed by atoms with Gasteiger partial charge in [-0.1, -0.05) is 18.2 Å². The number of benzene rings is 2. The molecule has 312 valence electrons. The number of aromatic amines is 1. The van der Waals surface area contributed by atoms with Gasteiger partial charge in [-0.05, 0) is 88.1 Å². The third-order valence-corrected chi connectivity index (χ3v) is 13.2. The maximum Gasteiger partial charge on any atom is 0.258 e. The van der Waals surface area contributed by atoms with Crippen molar-refractivity contribution in [3.05, 3.63) is 76.7 Å². The highest BCUT2D eigenvalue weighted by Gasteiger charge is 2.41. The zero-order chi connectivity index (χ0) is 40.8. The Bertz CT molecular complexity index is 2200. The van der Waals surface area contributed by atoms with Crippen LogP contribution in [0.2, 0.25) is 0 Å². The van der Waals surface area contributed by atoms with Crippen molar-refractivity contribution in [2.45, 2.75) is 83.1 Å². The van der Waals surface area contributed by atoms with E-state index in [1.54, 1.807) is 25.9 Å². The Morgan fingerprint density at radius 3 is 2.41 bits per heavy atom. The number of carbonyl (C=O) groups excluding carboxylic acids is 3. The van der Waals surface area contributed by atoms with Crippen LogP contribution in [0.5, 0.6) is 5.75 Å². The first-order chi connectivity index (χ1) is 28.5. The molecule has 5 aliphatic rings. The highest BCUT2D eigenvalue weighted by molar-refractivity contribution is 6.06. The number of aromatic nitrogens is 3. The number of ether oxygens (including phenoxy) is 1. The summed E-state index contributed by atoms with van der Waals surface area (Å²) >= 11 is 0. The molecule has 0 aliphatic carbocycles. The number of alkyl halides is 1. The SMILES string of the molecule is COc1cc(N2CCN(CCCC3CCN(c4ncc([C@@H]5c6[nH]c7ccccc7c6CCN5CC(C)(C)F)cn4)CC3)CC2)cc2c1C(=O)N(C1CCC(=O)NC1=O)C2. The molecule has 2 aromatic heterocycles. The summed E-state index contributed by atoms with van der Waals surface area (Å²) in [5.41, 5.74) is 5.63. The fourth-order valence-electron chi connectivity index (χ4n) is 10.2. The monoisotopic (exact) mass is 805 g/mol. The molecular formula is C45H56FN9O4. The highest BCUT2D eigenvalue weighted by Crippen LogP contribution is 2.40. The van der Waals surface area contributed by atoms with E-state index in [-0.39, 0.29) is 24.3 Å². The van der Waals surface area contributed by atoms with Crippen molar-refractivity contribution in [3.63, 3.8) is 0 Å². The van der Waals surface area contributed by atoms with Crippen LogP contribution >= 0.6 is 0 Å². The number of nitrogens with zero attached hydrogens (tertiary/aromatic N) is 7. The van der Waals surface area contributed by atoms with Crippen LogP contribution in [-0.2, 0) is 22.6 Å². The molecule has 3 amide bonds. The van der Waals surface area contributed by atoms with Gasteiger partial charge in [-0.2, -0.15) is 0 Å². The molecule has 2 aromatic carbocycles. The van der Waals surface area contributed by atoms with E-state index in [2.05, 4.69) is 60.2 Å². The molecule has 0 spiro atoms. The minimum absolute atomic E-state index is 0.127. The van der Waals surface area contributed by atoms with Crippen LogP contribution in [0, 0.1) is 5.92 Å². The fraction of sp³-hybridized carbons (Fsp3) is 0.533. The predicted octanol–water partition coefficient (Wildman–Crippen LogP) is 5.24. The highest BCUT2D eigenvalue weighted by atomic mass is 19.1. The predicted molar refractivity (Wildman–Crippen MR) is 225 cm³/mol. The van der Waals surface area contributed by atoms with E-state index in [4.69, 9.17) is 14.7 Å². The van der Waals surface area contributed by atoms with Crippen LogP contribution in [-0.4, -0.2) is 125 Å². The Balaban J connectivity index is 0.750. The quantitative estimate of drug-likeness (QED) is 0.194. The first kappa shape index (κ1) is 39.4. The van der Waals surface area contributed by atoms with Crippen LogP contribution < -0.4 is 19.9 Å². The summed E-state index contributed by atoms with van der Waals surface area (Å²) in [4.78, 5) is 62.2. The lowest BCUT2D eigenvalue weighted by molar-refractivity contribution is -0.136. The number of hydrogen-bond donors (Lipinski definition) is 2. The van der Waals surface area contributed by atoms with Crippen molar-refractivity contribution in [2.75, 3.05) is 75.8 Å². The maximum absolute atomic E-state index is 15.0. The molecule has 14 heteroatoms. The molecule has 7 heterocycles. The van der Waals surface area contributed by atoms with E-state index < -0.39 is 17.6 Å². The molecule has 3 saturated heterocycles. The van der Waals surface area contributed by atoms with Gasteiger partial charge in [0.05, 0.1) is 18.7 Å². The molecule has 59 heavy (non-hydrogen) atoms. The average molecular weight is 806 g/mol. The number of nitrogens with one attached hydrogen (secondary N) is 2. The molecule has 0 saturated carbocycles. The van der Waals surface area contributed by atoms with E-state index in [0.29, 0.717) is 36.7 Å². The zero-order valence-electron chi connectivity index (χ0n) is 34.5. The standard InChI is InChI=1S/C45H56FN9O4/c1-45(2,46)28-54-18-14-34-33-8-4-5-9-35(33)49-40(34)41(54)31-25-47-44(48-26-31)53-16-12-29(13-17-53)7-6-15-51-19-21-52(22-20-51)32-23-30-27-55(36-10-11-38(56)50-42(36)57)43(58)39(30)37(24-32)59-3/h4-5,8-9,23-26,29,36,41,49H,6-7,10-22,27-28H2,1-3H3,(H,50,56,57)/t36?,41-/m1/s1. The topological polar surface area (TPSA) is 130 Å². The second-order valence-corrected chi connectivity index (χ2v) is 17.7. The molecule has 1 unspecified atom stereocenters. The van der Waals surface area contributed by atoms with Crippen LogP contribution in [0.4, 0.5) is 16.0 Å². The van der Waals surface area contributed by atoms with Crippen molar-refractivity contribution in [2.24, 2.45) is 5.92 Å². The molecule has 3 fully saturated rings. The number of methoxy groups -OCH3 is 1. The van der Waals surface area contributed by atoms with Crippen molar-refractivity contribution < 1.29 is 23.5 Å². The van der Waals surface area contributed by atoms with E-state index in [1.807, 2.05) is 18.5 Å². The summed E-state index contributed by atoms with van der Waals surface area (Å²) in [7, 11) is 1.58. The molecule has 0 bridgehead atoms. The normalized spacial score (nSPS) is 22.2. The van der Waals surface area contributed by atoms with Crippen molar-refractivity contribution in [3.8, 4) is 5.75 Å². The number of anilines is 2. The average Bonchev–Trinajstić information content (AvgIpc) is 3.77. The van der Waals surface area contributed by atoms with E-state index >= 15 is 4.39 Å². The first-order valence-corrected chi connectivity index (χ1v) is 21.4. The van der Waals surface area contributed by atoms with E-state index in [9.17, 15) is 14.4 Å². The summed E-state index contributed by atoms with van der Waals surface area (Å²) in [6.45, 7) is 11.4. The van der Waals surface area contributed by atoms with Crippen molar-refractivity contribution in [1.82, 2.24) is 35.0 Å². The van der Waals surface area contributed by atoms with Crippen LogP contribution in [0.25, 0.3) is 10.9 Å². The summed E-state index contributed by atoms with van der Waals surface area (Å²) in [6.07, 6.45) is 9.99. The number of para-hydroxylation sites is 1. The lowest BCUT2D eigenvalue weighted by Crippen LogP contribution is -2.52. The Hall–Kier alpha value is -5.08. The third-order valence-electron chi connectivity index (χ3n) is 13.2. The van der Waals surface area contributed by atoms with Gasteiger partial charge in [-0.15, -0.1) is 0 Å². The minimum atomic E-state index is -1.32. The first-order valence-electron chi connectivity index (χ1n) is 21.4. The number of amides is 3. The largest absolute Gasteiger partial charge is 0.496 e. The van der Waals surface area contributed by atoms with E-state index in [0.717, 1.165) is 106 Å². The van der Waals surface area contributed by atoms with Crippen LogP contribution in [0.3, 0.4) is 0 Å². The summed E-state index contributed by atoms with van der Waals surface area (Å²) < 4.78 is 20.7. The number of hydrogen-bond acceptors (Lipinski definition) is 10. The molecule has 13 nitrogen and oxygen atoms in total. The van der Waals surface area contributed by atoms with Gasteiger partial charge in [0.15, 0.2) is 0 Å². The van der Waals surface area contributed by atoms with Gasteiger partial charge >= 0.3 is 0 Å². The maximum atomic E-state index is 15.0. The summed E-state index contributed by atoms with van der Waals surface area (Å²) in [5, 5.41) is 3.62. The Morgan fingerprint density at radius 1 is 0.915 bits per heavy atom. The number of fused-ring (bicyclic) bond motifs is 4. The number of halogens is 1. The lowest BCUT2D eigenvalue weighted by atomic mass is 9.92. The lowest BCUT2D eigenvalue weighted by Gasteiger charge is -2.38. The fourth-order valence-corrected chi connectivity index (χ4v) is 10.2. The molecule has 5 aliphatic heterocycles. The van der Waals surface area contributed by atoms with Gasteiger partial charge in [-0.3, -0.25) is 29.5 Å². The number of carbonyl (C=O) groups is 3. The molecule has 9 rings (SSSR count). The Kier molecular flexibility index (Phi) is 10.8. The summed E-state index contributed by atoms with van der Waals surface area (Å²) in [5.74, 6) is 1.07. The molecule has 2 N–H and O–H groups in total. The molecule has 0 radical (unpaired) electrons. The second-order valence-electron chi connectivity index (χ2n) is 17.7. The van der Waals surface area contributed by atoms with Crippen LogP contribution in [0.15, 0.2) is 48.8 Å². The number of piperazine rings is 1. The number of piperidine rings is 2. The Morgan fingerprint density at radius 2 is 1.68 bits per heavy atom. The third kappa shape index (κ3) is 8.01. The number of rotatable bonds is 11. The summed E-state index contributed by atoms with van der Waals surface area (Å²) in [6, 6.07) is 11.7. The van der Waals surface area contributed by atoms with Gasteiger partial charge in [0.1, 0.15) is 17.5 Å². The molecule has 2 atom stereocenters. The van der Waals surface area contributed by atoms with Gasteiger partial charge < -0.3 is 24.4 Å². The second kappa shape index (κ2) is 16.2. The molecule has 4 aromatic rings. The van der Waals surface area contributed by atoms with Gasteiger partial charge in [-0.25, -0.2) is 14.4 Å².